The molecule has 7 unspecified atom stereocenters. The molecule has 1 heterocycles. The number of nitrogens with one attached hydrogen (secondary N) is 1. The highest BCUT2D eigenvalue weighted by Gasteiger charge is 2.44. The second kappa shape index (κ2) is 70.2. The predicted molar refractivity (Wildman–Crippen MR) is 393 cm³/mol. The molecule has 0 aromatic heterocycles. The fraction of sp³-hybridized carbons (Fsp3) is 0.805. The van der Waals surface area contributed by atoms with Crippen LogP contribution in [0.15, 0.2) is 85.1 Å². The van der Waals surface area contributed by atoms with Crippen molar-refractivity contribution in [2.24, 2.45) is 0 Å². The molecule has 0 aromatic carbocycles. The minimum Gasteiger partial charge on any atom is -0.466 e. The molecule has 11 nitrogen and oxygen atoms in total. The molecule has 1 aliphatic rings. The molecular weight excluding hydrogens is 1160 g/mol. The molecule has 1 fully saturated rings. The molecule has 11 heteroatoms. The van der Waals surface area contributed by atoms with Crippen LogP contribution in [0.5, 0.6) is 0 Å². The van der Waals surface area contributed by atoms with Gasteiger partial charge < -0.3 is 45.1 Å². The van der Waals surface area contributed by atoms with Crippen molar-refractivity contribution in [3.05, 3.63) is 85.1 Å². The first kappa shape index (κ1) is 87.9. The van der Waals surface area contributed by atoms with E-state index < -0.39 is 49.5 Å². The molecule has 0 aliphatic carbocycles. The maximum Gasteiger partial charge on any atom is 0.305 e. The van der Waals surface area contributed by atoms with Crippen LogP contribution >= 0.6 is 0 Å². The van der Waals surface area contributed by atoms with Gasteiger partial charge in [-0.05, 0) is 109 Å². The molecule has 0 bridgehead atoms. The zero-order valence-corrected chi connectivity index (χ0v) is 60.2. The molecule has 0 radical (unpaired) electrons. The van der Waals surface area contributed by atoms with Gasteiger partial charge in [-0.15, -0.1) is 0 Å². The van der Waals surface area contributed by atoms with E-state index in [0.717, 1.165) is 83.5 Å². The maximum atomic E-state index is 13.1. The summed E-state index contributed by atoms with van der Waals surface area (Å²) in [6.45, 7) is 4.26. The van der Waals surface area contributed by atoms with Gasteiger partial charge in [0.05, 0.1) is 32.0 Å². The normalized spacial score (nSPS) is 17.9. The molecule has 540 valence electrons. The van der Waals surface area contributed by atoms with Gasteiger partial charge in [-0.2, -0.15) is 0 Å². The number of esters is 1. The molecule has 6 N–H and O–H groups in total. The van der Waals surface area contributed by atoms with E-state index in [4.69, 9.17) is 14.2 Å². The second-order valence-corrected chi connectivity index (χ2v) is 27.0. The molecule has 1 saturated heterocycles. The van der Waals surface area contributed by atoms with Crippen LogP contribution in [0, 0.1) is 0 Å². The van der Waals surface area contributed by atoms with E-state index >= 15 is 0 Å². The summed E-state index contributed by atoms with van der Waals surface area (Å²) in [5.41, 5.74) is 0. The van der Waals surface area contributed by atoms with Crippen LogP contribution in [0.2, 0.25) is 0 Å². The fourth-order valence-corrected chi connectivity index (χ4v) is 12.0. The third-order valence-corrected chi connectivity index (χ3v) is 18.2. The number of amides is 1. The topological polar surface area (TPSA) is 175 Å². The van der Waals surface area contributed by atoms with Gasteiger partial charge in [0.2, 0.25) is 5.91 Å². The van der Waals surface area contributed by atoms with Crippen molar-refractivity contribution in [2.75, 3.05) is 19.8 Å². The van der Waals surface area contributed by atoms with Gasteiger partial charge in [-0.25, -0.2) is 0 Å². The highest BCUT2D eigenvalue weighted by molar-refractivity contribution is 5.76. The Hall–Kier alpha value is -3.16. The molecule has 0 spiro atoms. The monoisotopic (exact) mass is 1310 g/mol. The standard InChI is InChI=1S/C82H147NO10/c1-3-5-7-9-11-13-15-17-46-50-54-58-62-66-70-78(87)91-71-67-63-59-55-51-47-44-42-40-38-36-34-32-30-28-26-24-22-20-18-19-21-23-25-27-29-31-33-35-37-39-41-43-45-49-53-57-61-65-69-77(86)83-74(73-92-82-81(90)80(89)79(88)76(72-84)93-82)75(85)68-64-60-56-52-48-16-14-12-10-8-6-4-2/h9-12,15,17-19,22,24,48,52,64,68,74-76,79-82,84-85,88-90H,3-8,13-14,16,20-21,23,25-47,49-51,53-63,65-67,69-73H2,1-2H3,(H,83,86)/b11-9-,12-10+,17-15-,19-18-,24-22-,52-48+,68-64+. The predicted octanol–water partition coefficient (Wildman–Crippen LogP) is 21.2. The van der Waals surface area contributed by atoms with Crippen molar-refractivity contribution in [1.29, 1.82) is 0 Å². The van der Waals surface area contributed by atoms with Crippen LogP contribution in [0.1, 0.15) is 361 Å². The summed E-state index contributed by atoms with van der Waals surface area (Å²) in [4.78, 5) is 25.1. The molecule has 0 aromatic rings. The molecule has 1 rings (SSSR count). The van der Waals surface area contributed by atoms with Crippen LogP contribution < -0.4 is 5.32 Å². The van der Waals surface area contributed by atoms with E-state index in [1.807, 2.05) is 6.08 Å². The molecule has 0 saturated carbocycles. The average molecular weight is 1310 g/mol. The van der Waals surface area contributed by atoms with Crippen LogP contribution in [0.25, 0.3) is 0 Å². The van der Waals surface area contributed by atoms with E-state index in [-0.39, 0.29) is 18.5 Å². The highest BCUT2D eigenvalue weighted by Crippen LogP contribution is 2.23. The van der Waals surface area contributed by atoms with Crippen molar-refractivity contribution in [2.45, 2.75) is 403 Å². The molecule has 93 heavy (non-hydrogen) atoms. The fourth-order valence-electron chi connectivity index (χ4n) is 12.0. The minimum absolute atomic E-state index is 0.000721. The quantitative estimate of drug-likeness (QED) is 0.0195. The number of hydrogen-bond acceptors (Lipinski definition) is 10. The van der Waals surface area contributed by atoms with E-state index in [0.29, 0.717) is 19.4 Å². The number of carbonyl (C=O) groups is 2. The van der Waals surface area contributed by atoms with Crippen molar-refractivity contribution >= 4 is 11.9 Å². The highest BCUT2D eigenvalue weighted by atomic mass is 16.7. The third kappa shape index (κ3) is 58.7. The molecular formula is C82H147NO10. The minimum atomic E-state index is -1.58. The Morgan fingerprint density at radius 2 is 0.731 bits per heavy atom. The van der Waals surface area contributed by atoms with Gasteiger partial charge >= 0.3 is 5.97 Å². The number of unbranched alkanes of at least 4 members (excludes halogenated alkanes) is 43. The number of rotatable bonds is 69. The number of aliphatic hydroxyl groups excluding tert-OH is 5. The second-order valence-electron chi connectivity index (χ2n) is 27.0. The summed E-state index contributed by atoms with van der Waals surface area (Å²) < 4.78 is 16.7. The number of hydrogen-bond donors (Lipinski definition) is 6. The number of allylic oxidation sites excluding steroid dienone is 13. The zero-order chi connectivity index (χ0) is 67.2. The SMILES string of the molecule is CCCC/C=C\C/C=C\CCCCCCCC(=O)OCCCCCCCCCCCCCCCCC/C=C\C/C=C\CCCCCCCCCCCCCCCCCCCC(=O)NC(COC1OC(CO)C(O)C(O)C1O)C(O)/C=C/CC/C=C/CC/C=C/CCCC. The van der Waals surface area contributed by atoms with Gasteiger partial charge in [0.15, 0.2) is 6.29 Å². The Morgan fingerprint density at radius 3 is 1.13 bits per heavy atom. The molecule has 7 atom stereocenters. The zero-order valence-electron chi connectivity index (χ0n) is 60.2. The van der Waals surface area contributed by atoms with Crippen molar-refractivity contribution in [3.8, 4) is 0 Å². The first-order valence-electron chi connectivity index (χ1n) is 39.4. The summed E-state index contributed by atoms with van der Waals surface area (Å²) in [5.74, 6) is -0.195. The Bertz CT molecular complexity index is 1820. The summed E-state index contributed by atoms with van der Waals surface area (Å²) in [5, 5.41) is 54.4. The van der Waals surface area contributed by atoms with Gasteiger partial charge in [0, 0.05) is 12.8 Å². The molecule has 1 amide bonds. The first-order valence-corrected chi connectivity index (χ1v) is 39.4. The Morgan fingerprint density at radius 1 is 0.398 bits per heavy atom. The lowest BCUT2D eigenvalue weighted by Gasteiger charge is -2.40. The van der Waals surface area contributed by atoms with E-state index in [2.05, 4.69) is 92.1 Å². The van der Waals surface area contributed by atoms with E-state index in [9.17, 15) is 35.1 Å². The number of ether oxygens (including phenoxy) is 3. The summed E-state index contributed by atoms with van der Waals surface area (Å²) in [7, 11) is 0. The van der Waals surface area contributed by atoms with Gasteiger partial charge in [0.1, 0.15) is 24.4 Å². The summed E-state index contributed by atoms with van der Waals surface area (Å²) in [6, 6.07) is -0.834. The Balaban J connectivity index is 1.91. The molecule has 1 aliphatic heterocycles. The summed E-state index contributed by atoms with van der Waals surface area (Å²) >= 11 is 0. The van der Waals surface area contributed by atoms with Crippen molar-refractivity contribution < 1.29 is 49.3 Å². The Labute approximate surface area is 572 Å². The Kier molecular flexibility index (Phi) is 66.3. The van der Waals surface area contributed by atoms with Gasteiger partial charge in [-0.3, -0.25) is 9.59 Å². The van der Waals surface area contributed by atoms with Gasteiger partial charge in [0.25, 0.3) is 0 Å². The van der Waals surface area contributed by atoms with Gasteiger partial charge in [-0.1, -0.05) is 324 Å². The van der Waals surface area contributed by atoms with Crippen molar-refractivity contribution in [1.82, 2.24) is 5.32 Å². The van der Waals surface area contributed by atoms with Crippen LogP contribution in [-0.4, -0.2) is 100 Å². The van der Waals surface area contributed by atoms with Crippen LogP contribution in [-0.2, 0) is 23.8 Å². The smallest absolute Gasteiger partial charge is 0.305 e. The first-order chi connectivity index (χ1) is 45.7. The number of aliphatic hydroxyl groups is 5. The van der Waals surface area contributed by atoms with E-state index in [1.165, 1.54) is 250 Å². The lowest BCUT2D eigenvalue weighted by molar-refractivity contribution is -0.302. The van der Waals surface area contributed by atoms with Crippen molar-refractivity contribution in [3.63, 3.8) is 0 Å². The van der Waals surface area contributed by atoms with Crippen LogP contribution in [0.4, 0.5) is 0 Å². The third-order valence-electron chi connectivity index (χ3n) is 18.2. The maximum absolute atomic E-state index is 13.1. The number of carbonyl (C=O) groups excluding carboxylic acids is 2. The van der Waals surface area contributed by atoms with E-state index in [1.54, 1.807) is 6.08 Å². The average Bonchev–Trinajstić information content (AvgIpc) is 0.981. The lowest BCUT2D eigenvalue weighted by atomic mass is 9.99. The largest absolute Gasteiger partial charge is 0.466 e. The van der Waals surface area contributed by atoms with Crippen LogP contribution in [0.3, 0.4) is 0 Å². The summed E-state index contributed by atoms with van der Waals surface area (Å²) in [6.07, 6.45) is 87.6. The lowest BCUT2D eigenvalue weighted by Crippen LogP contribution is -2.60.